The Morgan fingerprint density at radius 3 is 2.39 bits per heavy atom. The van der Waals surface area contributed by atoms with E-state index in [4.69, 9.17) is 4.74 Å². The Kier molecular flexibility index (Phi) is 4.90. The van der Waals surface area contributed by atoms with Crippen molar-refractivity contribution in [3.63, 3.8) is 0 Å². The highest BCUT2D eigenvalue weighted by atomic mass is 16.5. The van der Waals surface area contributed by atoms with Crippen molar-refractivity contribution in [2.75, 3.05) is 38.2 Å². The molecular formula is C19H28N2O2. The van der Waals surface area contributed by atoms with Crippen LogP contribution in [0.4, 0.5) is 5.69 Å². The van der Waals surface area contributed by atoms with Crippen LogP contribution in [0.15, 0.2) is 18.2 Å². The minimum atomic E-state index is -0.229. The van der Waals surface area contributed by atoms with Gasteiger partial charge in [0, 0.05) is 19.1 Å². The molecule has 1 aromatic carbocycles. The predicted molar refractivity (Wildman–Crippen MR) is 93.3 cm³/mol. The Morgan fingerprint density at radius 2 is 1.87 bits per heavy atom. The van der Waals surface area contributed by atoms with E-state index in [1.807, 2.05) is 6.07 Å². The van der Waals surface area contributed by atoms with Gasteiger partial charge in [0.15, 0.2) is 0 Å². The molecule has 0 aromatic heterocycles. The Labute approximate surface area is 139 Å². The van der Waals surface area contributed by atoms with Crippen LogP contribution in [0, 0.1) is 0 Å². The van der Waals surface area contributed by atoms with Crippen LogP contribution in [0.3, 0.4) is 0 Å². The van der Waals surface area contributed by atoms with Crippen molar-refractivity contribution in [2.24, 2.45) is 0 Å². The molecule has 0 aliphatic carbocycles. The molecule has 0 unspecified atom stereocenters. The zero-order valence-electron chi connectivity index (χ0n) is 14.5. The van der Waals surface area contributed by atoms with Gasteiger partial charge < -0.3 is 14.5 Å². The molecule has 2 fully saturated rings. The summed E-state index contributed by atoms with van der Waals surface area (Å²) in [7, 11) is 1.46. The summed E-state index contributed by atoms with van der Waals surface area (Å²) in [6.07, 6.45) is 3.72. The molecule has 0 atom stereocenters. The number of ether oxygens (including phenoxy) is 1. The second-order valence-electron chi connectivity index (χ2n) is 7.03. The van der Waals surface area contributed by atoms with E-state index in [0.29, 0.717) is 11.5 Å². The second-order valence-corrected chi connectivity index (χ2v) is 7.03. The molecule has 2 heterocycles. The van der Waals surface area contributed by atoms with Gasteiger partial charge in [-0.15, -0.1) is 0 Å². The molecule has 0 bridgehead atoms. The average Bonchev–Trinajstić information content (AvgIpc) is 2.52. The van der Waals surface area contributed by atoms with Crippen LogP contribution in [0.25, 0.3) is 0 Å². The lowest BCUT2D eigenvalue weighted by Crippen LogP contribution is -2.50. The number of carbonyl (C=O) groups is 1. The third-order valence-corrected chi connectivity index (χ3v) is 5.30. The average molecular weight is 316 g/mol. The van der Waals surface area contributed by atoms with E-state index in [9.17, 15) is 4.79 Å². The van der Waals surface area contributed by atoms with Crippen LogP contribution in [0.1, 0.15) is 54.9 Å². The van der Waals surface area contributed by atoms with Gasteiger partial charge in [0.1, 0.15) is 0 Å². The van der Waals surface area contributed by atoms with E-state index >= 15 is 0 Å². The monoisotopic (exact) mass is 316 g/mol. The number of rotatable bonds is 4. The fraction of sp³-hybridized carbons (Fsp3) is 0.632. The second kappa shape index (κ2) is 6.91. The van der Waals surface area contributed by atoms with Gasteiger partial charge in [0.05, 0.1) is 18.4 Å². The van der Waals surface area contributed by atoms with Crippen molar-refractivity contribution in [3.8, 4) is 0 Å². The Morgan fingerprint density at radius 1 is 1.17 bits per heavy atom. The highest BCUT2D eigenvalue weighted by Gasteiger charge is 2.29. The van der Waals surface area contributed by atoms with Crippen LogP contribution in [-0.2, 0) is 4.74 Å². The summed E-state index contributed by atoms with van der Waals surface area (Å²) in [5, 5.41) is 0. The fourth-order valence-electron chi connectivity index (χ4n) is 3.64. The van der Waals surface area contributed by atoms with Gasteiger partial charge in [-0.05, 0) is 56.0 Å². The molecule has 4 nitrogen and oxygen atoms in total. The van der Waals surface area contributed by atoms with Gasteiger partial charge >= 0.3 is 5.97 Å². The maximum atomic E-state index is 12.2. The van der Waals surface area contributed by atoms with Gasteiger partial charge in [-0.3, -0.25) is 0 Å². The SMILES string of the molecule is COC(=O)c1cc(C(C)C)ccc1N1CCC(N2CCC2)CC1. The first-order valence-electron chi connectivity index (χ1n) is 8.81. The summed E-state index contributed by atoms with van der Waals surface area (Å²) in [4.78, 5) is 17.2. The van der Waals surface area contributed by atoms with Crippen molar-refractivity contribution in [3.05, 3.63) is 29.3 Å². The molecule has 23 heavy (non-hydrogen) atoms. The van der Waals surface area contributed by atoms with Gasteiger partial charge in [-0.2, -0.15) is 0 Å². The predicted octanol–water partition coefficient (Wildman–Crippen LogP) is 3.27. The number of likely N-dealkylation sites (tertiary alicyclic amines) is 1. The first-order chi connectivity index (χ1) is 11.1. The molecule has 4 heteroatoms. The molecule has 0 radical (unpaired) electrons. The van der Waals surface area contributed by atoms with Crippen molar-refractivity contribution < 1.29 is 9.53 Å². The molecule has 126 valence electrons. The van der Waals surface area contributed by atoms with Crippen LogP contribution in [0.2, 0.25) is 0 Å². The maximum absolute atomic E-state index is 12.2. The maximum Gasteiger partial charge on any atom is 0.339 e. The summed E-state index contributed by atoms with van der Waals surface area (Å²) in [5.74, 6) is 0.178. The van der Waals surface area contributed by atoms with Crippen molar-refractivity contribution >= 4 is 11.7 Å². The molecule has 0 saturated carbocycles. The van der Waals surface area contributed by atoms with Gasteiger partial charge in [-0.25, -0.2) is 4.79 Å². The molecule has 2 aliphatic heterocycles. The van der Waals surface area contributed by atoms with Crippen molar-refractivity contribution in [1.29, 1.82) is 0 Å². The highest BCUT2D eigenvalue weighted by Crippen LogP contribution is 2.30. The van der Waals surface area contributed by atoms with Crippen LogP contribution >= 0.6 is 0 Å². The number of carbonyl (C=O) groups excluding carboxylic acids is 1. The van der Waals surface area contributed by atoms with E-state index in [2.05, 4.69) is 35.8 Å². The van der Waals surface area contributed by atoms with E-state index in [1.54, 1.807) is 0 Å². The molecule has 0 N–H and O–H groups in total. The lowest BCUT2D eigenvalue weighted by atomic mass is 9.96. The standard InChI is InChI=1S/C19H28N2O2/c1-14(2)15-5-6-18(17(13-15)19(22)23-3)21-11-7-16(8-12-21)20-9-4-10-20/h5-6,13-14,16H,4,7-12H2,1-3H3. The number of piperidine rings is 1. The number of esters is 1. The molecule has 1 aromatic rings. The number of hydrogen-bond donors (Lipinski definition) is 0. The topological polar surface area (TPSA) is 32.8 Å². The first kappa shape index (κ1) is 16.3. The molecular weight excluding hydrogens is 288 g/mol. The zero-order valence-corrected chi connectivity index (χ0v) is 14.5. The van der Waals surface area contributed by atoms with E-state index in [1.165, 1.54) is 45.0 Å². The smallest absolute Gasteiger partial charge is 0.339 e. The lowest BCUT2D eigenvalue weighted by Gasteiger charge is -2.43. The largest absolute Gasteiger partial charge is 0.465 e. The Bertz CT molecular complexity index is 558. The fourth-order valence-corrected chi connectivity index (χ4v) is 3.64. The van der Waals surface area contributed by atoms with Crippen LogP contribution in [-0.4, -0.2) is 50.2 Å². The first-order valence-corrected chi connectivity index (χ1v) is 8.81. The van der Waals surface area contributed by atoms with Gasteiger partial charge in [0.2, 0.25) is 0 Å². The quantitative estimate of drug-likeness (QED) is 0.798. The van der Waals surface area contributed by atoms with Crippen molar-refractivity contribution in [2.45, 2.75) is 45.1 Å². The van der Waals surface area contributed by atoms with Crippen LogP contribution in [0.5, 0.6) is 0 Å². The van der Waals surface area contributed by atoms with Gasteiger partial charge in [0.25, 0.3) is 0 Å². The van der Waals surface area contributed by atoms with E-state index < -0.39 is 0 Å². The lowest BCUT2D eigenvalue weighted by molar-refractivity contribution is 0.0601. The number of hydrogen-bond acceptors (Lipinski definition) is 4. The van der Waals surface area contributed by atoms with E-state index in [-0.39, 0.29) is 5.97 Å². The number of methoxy groups -OCH3 is 1. The summed E-state index contributed by atoms with van der Waals surface area (Å²) in [5.41, 5.74) is 2.93. The summed E-state index contributed by atoms with van der Waals surface area (Å²) in [6, 6.07) is 6.99. The third-order valence-electron chi connectivity index (χ3n) is 5.30. The molecule has 0 amide bonds. The minimum Gasteiger partial charge on any atom is -0.465 e. The number of benzene rings is 1. The summed E-state index contributed by atoms with van der Waals surface area (Å²) < 4.78 is 5.01. The zero-order chi connectivity index (χ0) is 16.4. The summed E-state index contributed by atoms with van der Waals surface area (Å²) >= 11 is 0. The van der Waals surface area contributed by atoms with Crippen LogP contribution < -0.4 is 4.90 Å². The Balaban J connectivity index is 1.77. The van der Waals surface area contributed by atoms with Gasteiger partial charge in [-0.1, -0.05) is 19.9 Å². The summed E-state index contributed by atoms with van der Waals surface area (Å²) in [6.45, 7) is 8.87. The minimum absolute atomic E-state index is 0.229. The molecule has 2 saturated heterocycles. The third kappa shape index (κ3) is 3.37. The highest BCUT2D eigenvalue weighted by molar-refractivity contribution is 5.96. The number of nitrogens with zero attached hydrogens (tertiary/aromatic N) is 2. The normalized spacial score (nSPS) is 19.7. The molecule has 0 spiro atoms. The van der Waals surface area contributed by atoms with Crippen molar-refractivity contribution in [1.82, 2.24) is 4.90 Å². The Hall–Kier alpha value is -1.55. The van der Waals surface area contributed by atoms with E-state index in [0.717, 1.165) is 24.8 Å². The molecule has 2 aliphatic rings. The number of anilines is 1. The molecule has 3 rings (SSSR count).